The molecule has 2 unspecified atom stereocenters. The van der Waals surface area contributed by atoms with Crippen LogP contribution in [0.25, 0.3) is 0 Å². The minimum absolute atomic E-state index is 0.240. The van der Waals surface area contributed by atoms with Gasteiger partial charge < -0.3 is 5.32 Å². The molecule has 1 nitrogen and oxygen atoms in total. The maximum atomic E-state index is 13.0. The van der Waals surface area contributed by atoms with Gasteiger partial charge in [-0.1, -0.05) is 24.6 Å². The molecule has 0 heterocycles. The molecule has 2 rings (SSSR count). The Labute approximate surface area is 107 Å². The molecule has 17 heavy (non-hydrogen) atoms. The van der Waals surface area contributed by atoms with Gasteiger partial charge in [-0.25, -0.2) is 4.39 Å². The van der Waals surface area contributed by atoms with E-state index in [9.17, 15) is 4.39 Å². The van der Waals surface area contributed by atoms with Gasteiger partial charge in [-0.05, 0) is 55.8 Å². The van der Waals surface area contributed by atoms with E-state index in [0.717, 1.165) is 18.5 Å². The highest BCUT2D eigenvalue weighted by atomic mass is 35.5. The van der Waals surface area contributed by atoms with Crippen LogP contribution >= 0.6 is 11.6 Å². The van der Waals surface area contributed by atoms with Crippen molar-refractivity contribution in [2.45, 2.75) is 38.6 Å². The van der Waals surface area contributed by atoms with Crippen LogP contribution in [0.2, 0.25) is 5.02 Å². The van der Waals surface area contributed by atoms with Gasteiger partial charge in [0.2, 0.25) is 0 Å². The third-order valence-electron chi connectivity index (χ3n) is 3.54. The first-order chi connectivity index (χ1) is 8.19. The van der Waals surface area contributed by atoms with Crippen LogP contribution in [-0.2, 0) is 6.42 Å². The smallest absolute Gasteiger partial charge is 0.141 e. The quantitative estimate of drug-likeness (QED) is 0.863. The van der Waals surface area contributed by atoms with Crippen LogP contribution in [0, 0.1) is 11.7 Å². The molecule has 1 fully saturated rings. The van der Waals surface area contributed by atoms with Gasteiger partial charge in [0.15, 0.2) is 0 Å². The number of rotatable bonds is 4. The highest BCUT2D eigenvalue weighted by Gasteiger charge is 2.23. The van der Waals surface area contributed by atoms with E-state index in [0.29, 0.717) is 12.0 Å². The third kappa shape index (κ3) is 3.43. The summed E-state index contributed by atoms with van der Waals surface area (Å²) in [5.74, 6) is 0.382. The molecule has 1 aromatic rings. The van der Waals surface area contributed by atoms with Crippen LogP contribution in [-0.4, -0.2) is 12.6 Å². The molecular formula is C14H19ClFN. The van der Waals surface area contributed by atoms with Crippen molar-refractivity contribution in [1.82, 2.24) is 5.32 Å². The molecule has 1 aliphatic carbocycles. The van der Waals surface area contributed by atoms with Crippen molar-refractivity contribution in [2.75, 3.05) is 6.54 Å². The zero-order chi connectivity index (χ0) is 12.3. The predicted molar refractivity (Wildman–Crippen MR) is 69.9 cm³/mol. The Morgan fingerprint density at radius 1 is 1.41 bits per heavy atom. The molecule has 94 valence electrons. The maximum Gasteiger partial charge on any atom is 0.141 e. The van der Waals surface area contributed by atoms with E-state index in [2.05, 4.69) is 12.2 Å². The topological polar surface area (TPSA) is 12.0 Å². The van der Waals surface area contributed by atoms with Gasteiger partial charge in [0.1, 0.15) is 5.82 Å². The van der Waals surface area contributed by atoms with Crippen molar-refractivity contribution in [1.29, 1.82) is 0 Å². The van der Waals surface area contributed by atoms with Gasteiger partial charge in [-0.2, -0.15) is 0 Å². The van der Waals surface area contributed by atoms with Gasteiger partial charge in [0, 0.05) is 6.04 Å². The Bertz CT molecular complexity index is 380. The molecule has 1 aromatic carbocycles. The summed E-state index contributed by atoms with van der Waals surface area (Å²) in [6, 6.07) is 5.74. The second-order valence-corrected chi connectivity index (χ2v) is 5.29. The van der Waals surface area contributed by atoms with Gasteiger partial charge in [-0.3, -0.25) is 0 Å². The second-order valence-electron chi connectivity index (χ2n) is 4.89. The Hall–Kier alpha value is -0.600. The first-order valence-corrected chi connectivity index (χ1v) is 6.74. The lowest BCUT2D eigenvalue weighted by atomic mass is 9.98. The van der Waals surface area contributed by atoms with Gasteiger partial charge >= 0.3 is 0 Å². The predicted octanol–water partition coefficient (Wildman–Crippen LogP) is 3.80. The van der Waals surface area contributed by atoms with Crippen molar-refractivity contribution in [3.05, 3.63) is 34.6 Å². The largest absolute Gasteiger partial charge is 0.314 e. The Kier molecular flexibility index (Phi) is 4.41. The number of hydrogen-bond acceptors (Lipinski definition) is 1. The van der Waals surface area contributed by atoms with Crippen LogP contribution < -0.4 is 5.32 Å². The van der Waals surface area contributed by atoms with E-state index >= 15 is 0 Å². The minimum Gasteiger partial charge on any atom is -0.314 e. The molecule has 1 N–H and O–H groups in total. The number of nitrogens with one attached hydrogen (secondary N) is 1. The Morgan fingerprint density at radius 2 is 2.24 bits per heavy atom. The van der Waals surface area contributed by atoms with E-state index < -0.39 is 0 Å². The summed E-state index contributed by atoms with van der Waals surface area (Å²) in [4.78, 5) is 0. The number of benzene rings is 1. The van der Waals surface area contributed by atoms with Crippen molar-refractivity contribution in [3.63, 3.8) is 0 Å². The summed E-state index contributed by atoms with van der Waals surface area (Å²) in [5, 5.41) is 3.73. The Balaban J connectivity index is 1.91. The molecule has 1 saturated carbocycles. The fourth-order valence-corrected chi connectivity index (χ4v) is 2.94. The van der Waals surface area contributed by atoms with Crippen molar-refractivity contribution in [3.8, 4) is 0 Å². The number of halogens is 2. The molecule has 0 bridgehead atoms. The fraction of sp³-hybridized carbons (Fsp3) is 0.571. The van der Waals surface area contributed by atoms with Gasteiger partial charge in [0.05, 0.1) is 5.02 Å². The molecule has 0 saturated heterocycles. The van der Waals surface area contributed by atoms with Crippen molar-refractivity contribution in [2.24, 2.45) is 5.92 Å². The summed E-state index contributed by atoms with van der Waals surface area (Å²) >= 11 is 5.79. The highest BCUT2D eigenvalue weighted by molar-refractivity contribution is 6.30. The minimum atomic E-state index is -0.327. The lowest BCUT2D eigenvalue weighted by Crippen LogP contribution is -2.25. The van der Waals surface area contributed by atoms with Crippen LogP contribution in [0.15, 0.2) is 18.2 Å². The summed E-state index contributed by atoms with van der Waals surface area (Å²) in [6.07, 6.45) is 4.75. The van der Waals surface area contributed by atoms with E-state index in [1.807, 2.05) is 6.07 Å². The first kappa shape index (κ1) is 12.8. The molecule has 3 heteroatoms. The van der Waals surface area contributed by atoms with E-state index in [4.69, 9.17) is 11.6 Å². The van der Waals surface area contributed by atoms with E-state index in [1.165, 1.54) is 25.3 Å². The molecule has 0 radical (unpaired) electrons. The average Bonchev–Trinajstić information content (AvgIpc) is 2.72. The summed E-state index contributed by atoms with van der Waals surface area (Å²) in [5.41, 5.74) is 1.15. The fourth-order valence-electron chi connectivity index (χ4n) is 2.73. The monoisotopic (exact) mass is 255 g/mol. The molecular weight excluding hydrogens is 237 g/mol. The maximum absolute atomic E-state index is 13.0. The zero-order valence-corrected chi connectivity index (χ0v) is 10.9. The summed E-state index contributed by atoms with van der Waals surface area (Å²) < 4.78 is 13.0. The van der Waals surface area contributed by atoms with Crippen LogP contribution in [0.5, 0.6) is 0 Å². The molecule has 0 aliphatic heterocycles. The standard InChI is InChI=1S/C14H19ClFN/c1-2-17-12-5-3-10(8-12)7-11-4-6-14(16)13(15)9-11/h4,6,9-10,12,17H,2-3,5,7-8H2,1H3. The van der Waals surface area contributed by atoms with Crippen LogP contribution in [0.4, 0.5) is 4.39 Å². The average molecular weight is 256 g/mol. The van der Waals surface area contributed by atoms with E-state index in [1.54, 1.807) is 6.07 Å². The third-order valence-corrected chi connectivity index (χ3v) is 3.83. The Morgan fingerprint density at radius 3 is 2.94 bits per heavy atom. The SMILES string of the molecule is CCNC1CCC(Cc2ccc(F)c(Cl)c2)C1. The molecule has 1 aliphatic rings. The van der Waals surface area contributed by atoms with Crippen LogP contribution in [0.1, 0.15) is 31.7 Å². The summed E-state index contributed by atoms with van der Waals surface area (Å²) in [6.45, 7) is 3.19. The lowest BCUT2D eigenvalue weighted by Gasteiger charge is -2.12. The molecule has 0 aromatic heterocycles. The summed E-state index contributed by atoms with van der Waals surface area (Å²) in [7, 11) is 0. The molecule has 2 atom stereocenters. The lowest BCUT2D eigenvalue weighted by molar-refractivity contribution is 0.493. The first-order valence-electron chi connectivity index (χ1n) is 6.36. The molecule has 0 spiro atoms. The van der Waals surface area contributed by atoms with Crippen molar-refractivity contribution >= 4 is 11.6 Å². The highest BCUT2D eigenvalue weighted by Crippen LogP contribution is 2.29. The van der Waals surface area contributed by atoms with Gasteiger partial charge in [0.25, 0.3) is 0 Å². The normalized spacial score (nSPS) is 24.2. The van der Waals surface area contributed by atoms with Crippen molar-refractivity contribution < 1.29 is 4.39 Å². The van der Waals surface area contributed by atoms with Gasteiger partial charge in [-0.15, -0.1) is 0 Å². The zero-order valence-electron chi connectivity index (χ0n) is 10.2. The molecule has 0 amide bonds. The second kappa shape index (κ2) is 5.83. The van der Waals surface area contributed by atoms with E-state index in [-0.39, 0.29) is 10.8 Å². The number of hydrogen-bond donors (Lipinski definition) is 1. The van der Waals surface area contributed by atoms with Crippen LogP contribution in [0.3, 0.4) is 0 Å².